The van der Waals surface area contributed by atoms with Gasteiger partial charge in [-0.15, -0.1) is 0 Å². The molecule has 0 heterocycles. The third kappa shape index (κ3) is 3.49. The highest BCUT2D eigenvalue weighted by Gasteiger charge is 2.14. The lowest BCUT2D eigenvalue weighted by molar-refractivity contribution is 0.102. The van der Waals surface area contributed by atoms with Crippen molar-refractivity contribution >= 4 is 21.6 Å². The van der Waals surface area contributed by atoms with Crippen LogP contribution < -0.4 is 10.0 Å². The minimum atomic E-state index is -3.59. The van der Waals surface area contributed by atoms with Gasteiger partial charge in [-0.05, 0) is 55.9 Å². The molecule has 2 rings (SSSR count). The van der Waals surface area contributed by atoms with Crippen LogP contribution in [-0.4, -0.2) is 21.4 Å². The number of aryl methyl sites for hydroxylation is 1. The summed E-state index contributed by atoms with van der Waals surface area (Å²) in [6.45, 7) is 1.75. The molecule has 1 amide bonds. The number of benzene rings is 2. The average Bonchev–Trinajstić information content (AvgIpc) is 2.50. The maximum Gasteiger partial charge on any atom is 0.255 e. The first-order valence-electron chi connectivity index (χ1n) is 6.44. The Morgan fingerprint density at radius 2 is 1.73 bits per heavy atom. The number of anilines is 1. The van der Waals surface area contributed by atoms with E-state index in [2.05, 4.69) is 10.0 Å². The van der Waals surface area contributed by atoms with Crippen molar-refractivity contribution in [1.82, 2.24) is 4.72 Å². The van der Waals surface area contributed by atoms with E-state index in [1.54, 1.807) is 13.0 Å². The Morgan fingerprint density at radius 3 is 2.32 bits per heavy atom. The largest absolute Gasteiger partial charge is 0.322 e. The van der Waals surface area contributed by atoms with Crippen LogP contribution in [0.15, 0.2) is 47.4 Å². The molecule has 0 fully saturated rings. The van der Waals surface area contributed by atoms with Crippen LogP contribution in [-0.2, 0) is 10.0 Å². The van der Waals surface area contributed by atoms with Crippen LogP contribution in [0, 0.1) is 12.7 Å². The van der Waals surface area contributed by atoms with Gasteiger partial charge in [-0.1, -0.05) is 6.07 Å². The minimum Gasteiger partial charge on any atom is -0.322 e. The van der Waals surface area contributed by atoms with Gasteiger partial charge in [-0.2, -0.15) is 0 Å². The van der Waals surface area contributed by atoms with Crippen molar-refractivity contribution in [2.75, 3.05) is 12.4 Å². The van der Waals surface area contributed by atoms with Crippen LogP contribution in [0.3, 0.4) is 0 Å². The molecule has 22 heavy (non-hydrogen) atoms. The first-order valence-corrected chi connectivity index (χ1v) is 7.93. The maximum atomic E-state index is 12.9. The maximum absolute atomic E-state index is 12.9. The van der Waals surface area contributed by atoms with E-state index >= 15 is 0 Å². The number of carbonyl (C=O) groups excluding carboxylic acids is 1. The summed E-state index contributed by atoms with van der Waals surface area (Å²) in [6, 6.07) is 9.51. The summed E-state index contributed by atoms with van der Waals surface area (Å²) < 4.78 is 38.7. The lowest BCUT2D eigenvalue weighted by Gasteiger charge is -2.11. The molecule has 0 spiro atoms. The van der Waals surface area contributed by atoms with Crippen molar-refractivity contribution in [3.05, 3.63) is 59.4 Å². The molecule has 0 radical (unpaired) electrons. The van der Waals surface area contributed by atoms with Crippen molar-refractivity contribution in [1.29, 1.82) is 0 Å². The predicted molar refractivity (Wildman–Crippen MR) is 81.8 cm³/mol. The van der Waals surface area contributed by atoms with E-state index in [-0.39, 0.29) is 10.5 Å². The van der Waals surface area contributed by atoms with Gasteiger partial charge in [0, 0.05) is 11.3 Å². The molecule has 2 aromatic carbocycles. The molecule has 5 nitrogen and oxygen atoms in total. The molecular formula is C15H15FN2O3S. The molecular weight excluding hydrogens is 307 g/mol. The molecule has 2 aromatic rings. The topological polar surface area (TPSA) is 75.3 Å². The molecule has 0 aromatic heterocycles. The summed E-state index contributed by atoms with van der Waals surface area (Å²) >= 11 is 0. The molecule has 0 atom stereocenters. The van der Waals surface area contributed by atoms with E-state index in [9.17, 15) is 17.6 Å². The highest BCUT2D eigenvalue weighted by molar-refractivity contribution is 7.89. The van der Waals surface area contributed by atoms with Gasteiger partial charge in [0.25, 0.3) is 5.91 Å². The highest BCUT2D eigenvalue weighted by atomic mass is 32.2. The van der Waals surface area contributed by atoms with Crippen LogP contribution >= 0.6 is 0 Å². The lowest BCUT2D eigenvalue weighted by atomic mass is 10.1. The van der Waals surface area contributed by atoms with Gasteiger partial charge in [-0.25, -0.2) is 17.5 Å². The second kappa shape index (κ2) is 6.25. The van der Waals surface area contributed by atoms with Gasteiger partial charge in [0.2, 0.25) is 10.0 Å². The van der Waals surface area contributed by atoms with E-state index in [1.165, 1.54) is 43.4 Å². The molecule has 0 unspecified atom stereocenters. The van der Waals surface area contributed by atoms with E-state index in [4.69, 9.17) is 0 Å². The van der Waals surface area contributed by atoms with Crippen LogP contribution in [0.1, 0.15) is 15.9 Å². The first kappa shape index (κ1) is 16.1. The summed E-state index contributed by atoms with van der Waals surface area (Å²) in [5.74, 6) is -0.878. The third-order valence-corrected chi connectivity index (χ3v) is 4.55. The quantitative estimate of drug-likeness (QED) is 0.907. The Morgan fingerprint density at radius 1 is 1.09 bits per heavy atom. The second-order valence-corrected chi connectivity index (χ2v) is 6.53. The fourth-order valence-electron chi connectivity index (χ4n) is 1.82. The van der Waals surface area contributed by atoms with E-state index < -0.39 is 21.7 Å². The van der Waals surface area contributed by atoms with Crippen molar-refractivity contribution in [3.8, 4) is 0 Å². The second-order valence-electron chi connectivity index (χ2n) is 4.65. The van der Waals surface area contributed by atoms with Crippen LogP contribution in [0.4, 0.5) is 10.1 Å². The van der Waals surface area contributed by atoms with Gasteiger partial charge < -0.3 is 5.32 Å². The molecule has 0 saturated heterocycles. The van der Waals surface area contributed by atoms with E-state index in [0.717, 1.165) is 0 Å². The summed E-state index contributed by atoms with van der Waals surface area (Å²) in [7, 11) is -2.28. The normalized spacial score (nSPS) is 11.2. The Kier molecular flexibility index (Phi) is 4.58. The van der Waals surface area contributed by atoms with Gasteiger partial charge in [0.15, 0.2) is 0 Å². The Hall–Kier alpha value is -2.25. The minimum absolute atomic E-state index is 0.0509. The number of rotatable bonds is 4. The molecule has 116 valence electrons. The Bertz CT molecular complexity index is 802. The number of sulfonamides is 1. The number of hydrogen-bond acceptors (Lipinski definition) is 3. The predicted octanol–water partition coefficient (Wildman–Crippen LogP) is 2.29. The lowest BCUT2D eigenvalue weighted by Crippen LogP contribution is -2.19. The van der Waals surface area contributed by atoms with Crippen molar-refractivity contribution in [3.63, 3.8) is 0 Å². The summed E-state index contributed by atoms with van der Waals surface area (Å²) in [6.07, 6.45) is 0. The third-order valence-electron chi connectivity index (χ3n) is 3.14. The smallest absolute Gasteiger partial charge is 0.255 e. The standard InChI is InChI=1S/C15H15FN2O3S/c1-10-3-8-13(22(20,21)17-2)9-14(10)18-15(19)11-4-6-12(16)7-5-11/h3-9,17H,1-2H3,(H,18,19). The summed E-state index contributed by atoms with van der Waals surface area (Å²) in [5, 5.41) is 2.63. The van der Waals surface area contributed by atoms with Crippen molar-refractivity contribution in [2.24, 2.45) is 0 Å². The summed E-state index contributed by atoms with van der Waals surface area (Å²) in [4.78, 5) is 12.2. The molecule has 0 aliphatic carbocycles. The molecule has 7 heteroatoms. The SMILES string of the molecule is CNS(=O)(=O)c1ccc(C)c(NC(=O)c2ccc(F)cc2)c1. The molecule has 0 aliphatic rings. The zero-order chi connectivity index (χ0) is 16.3. The number of halogens is 1. The molecule has 0 bridgehead atoms. The highest BCUT2D eigenvalue weighted by Crippen LogP contribution is 2.21. The molecule has 0 saturated carbocycles. The number of amides is 1. The number of carbonyl (C=O) groups is 1. The molecule has 0 aliphatic heterocycles. The zero-order valence-electron chi connectivity index (χ0n) is 12.1. The first-order chi connectivity index (χ1) is 10.3. The van der Waals surface area contributed by atoms with Gasteiger partial charge in [0.05, 0.1) is 4.90 Å². The monoisotopic (exact) mass is 322 g/mol. The van der Waals surface area contributed by atoms with E-state index in [0.29, 0.717) is 11.3 Å². The van der Waals surface area contributed by atoms with Crippen LogP contribution in [0.2, 0.25) is 0 Å². The average molecular weight is 322 g/mol. The number of nitrogens with one attached hydrogen (secondary N) is 2. The zero-order valence-corrected chi connectivity index (χ0v) is 12.9. The Balaban J connectivity index is 2.31. The summed E-state index contributed by atoms with van der Waals surface area (Å²) in [5.41, 5.74) is 1.37. The fraction of sp³-hybridized carbons (Fsp3) is 0.133. The van der Waals surface area contributed by atoms with Crippen LogP contribution in [0.5, 0.6) is 0 Å². The van der Waals surface area contributed by atoms with E-state index in [1.807, 2.05) is 0 Å². The number of hydrogen-bond donors (Lipinski definition) is 2. The van der Waals surface area contributed by atoms with Gasteiger partial charge in [-0.3, -0.25) is 4.79 Å². The van der Waals surface area contributed by atoms with Gasteiger partial charge >= 0.3 is 0 Å². The molecule has 2 N–H and O–H groups in total. The van der Waals surface area contributed by atoms with Crippen molar-refractivity contribution in [2.45, 2.75) is 11.8 Å². The van der Waals surface area contributed by atoms with Gasteiger partial charge in [0.1, 0.15) is 5.82 Å². The fourth-order valence-corrected chi connectivity index (χ4v) is 2.57. The van der Waals surface area contributed by atoms with Crippen LogP contribution in [0.25, 0.3) is 0 Å². The van der Waals surface area contributed by atoms with Crippen molar-refractivity contribution < 1.29 is 17.6 Å². The Labute approximate surface area is 128 Å².